The third-order valence-corrected chi connectivity index (χ3v) is 12.3. The number of hydrogen-bond donors (Lipinski definition) is 0. The zero-order valence-corrected chi connectivity index (χ0v) is 31.8. The molecule has 2 aliphatic carbocycles. The predicted octanol–water partition coefficient (Wildman–Crippen LogP) is 7.30. The summed E-state index contributed by atoms with van der Waals surface area (Å²) in [5.74, 6) is 7.83. The summed E-state index contributed by atoms with van der Waals surface area (Å²) in [6, 6.07) is 11.5. The van der Waals surface area contributed by atoms with Gasteiger partial charge in [-0.1, -0.05) is 45.2 Å². The summed E-state index contributed by atoms with van der Waals surface area (Å²) in [5, 5.41) is 9.61. The first-order valence-corrected chi connectivity index (χ1v) is 18.8. The molecule has 0 unspecified atom stereocenters. The van der Waals surface area contributed by atoms with Gasteiger partial charge in [-0.25, -0.2) is 9.78 Å². The molecule has 0 radical (unpaired) electrons. The maximum absolute atomic E-state index is 13.7. The molecule has 1 spiro atoms. The second kappa shape index (κ2) is 12.7. The van der Waals surface area contributed by atoms with Crippen molar-refractivity contribution < 1.29 is 19.1 Å². The molecule has 3 aliphatic heterocycles. The highest BCUT2D eigenvalue weighted by Gasteiger charge is 2.67. The summed E-state index contributed by atoms with van der Waals surface area (Å²) in [6.45, 7) is 18.5. The molecule has 1 aromatic heterocycles. The highest BCUT2D eigenvalue weighted by molar-refractivity contribution is 6.31. The van der Waals surface area contributed by atoms with Gasteiger partial charge in [0.25, 0.3) is 5.91 Å². The Bertz CT molecular complexity index is 1820. The van der Waals surface area contributed by atoms with Gasteiger partial charge in [0.1, 0.15) is 29.2 Å². The smallest absolute Gasteiger partial charge is 0.410 e. The summed E-state index contributed by atoms with van der Waals surface area (Å²) in [4.78, 5) is 37.6. The Labute approximate surface area is 307 Å². The van der Waals surface area contributed by atoms with E-state index in [4.69, 9.17) is 26.1 Å². The van der Waals surface area contributed by atoms with Crippen LogP contribution in [-0.2, 0) is 11.3 Å². The lowest BCUT2D eigenvalue weighted by Crippen LogP contribution is -2.74. The number of hydrogen-bond acceptors (Lipinski definition) is 7. The number of nitriles is 1. The van der Waals surface area contributed by atoms with Crippen LogP contribution in [-0.4, -0.2) is 81.7 Å². The van der Waals surface area contributed by atoms with Crippen LogP contribution in [0.15, 0.2) is 30.3 Å². The van der Waals surface area contributed by atoms with E-state index >= 15 is 0 Å². The average Bonchev–Trinajstić information content (AvgIpc) is 3.63. The highest BCUT2D eigenvalue weighted by Crippen LogP contribution is 2.59. The molecule has 10 heteroatoms. The first kappa shape index (κ1) is 35.6. The number of fused-ring (bicyclic) bond motifs is 1. The summed E-state index contributed by atoms with van der Waals surface area (Å²) in [7, 11) is 0. The third-order valence-electron chi connectivity index (χ3n) is 12.0. The Morgan fingerprint density at radius 3 is 2.37 bits per heavy atom. The SMILES string of the molecule is CC(C)(C)OC(=O)N1CC2(CCN(C3CCC(C#Cc4ccc5c(n4)CN([C@H]4C(C)(C)[C@H](Oc6ccc(C#N)c(Cl)c6)C4(C)C)C5=O)CC3)C2)C1. The number of carbonyl (C=O) groups is 2. The van der Waals surface area contributed by atoms with Gasteiger partial charge in [0.05, 0.1) is 28.4 Å². The van der Waals surface area contributed by atoms with Crippen molar-refractivity contribution in [2.45, 2.75) is 111 Å². The molecule has 2 saturated carbocycles. The van der Waals surface area contributed by atoms with Gasteiger partial charge in [-0.2, -0.15) is 5.26 Å². The molecule has 4 heterocycles. The maximum Gasteiger partial charge on any atom is 0.410 e. The normalized spacial score (nSPS) is 27.5. The van der Waals surface area contributed by atoms with Crippen molar-refractivity contribution in [1.29, 1.82) is 5.26 Å². The first-order valence-electron chi connectivity index (χ1n) is 18.4. The molecule has 0 N–H and O–H groups in total. The second-order valence-corrected chi connectivity index (χ2v) is 18.2. The van der Waals surface area contributed by atoms with Gasteiger partial charge in [-0.05, 0) is 89.6 Å². The van der Waals surface area contributed by atoms with Crippen LogP contribution in [0.3, 0.4) is 0 Å². The fourth-order valence-corrected chi connectivity index (χ4v) is 10.2. The van der Waals surface area contributed by atoms with Crippen molar-refractivity contribution in [1.82, 2.24) is 19.7 Å². The first-order chi connectivity index (χ1) is 24.0. The van der Waals surface area contributed by atoms with E-state index in [1.54, 1.807) is 18.2 Å². The number of likely N-dealkylation sites (tertiary alicyclic amines) is 2. The zero-order valence-electron chi connectivity index (χ0n) is 31.0. The number of amides is 2. The summed E-state index contributed by atoms with van der Waals surface area (Å²) >= 11 is 6.28. The summed E-state index contributed by atoms with van der Waals surface area (Å²) in [6.07, 6.45) is 5.22. The van der Waals surface area contributed by atoms with E-state index < -0.39 is 5.60 Å². The van der Waals surface area contributed by atoms with Crippen LogP contribution in [0.5, 0.6) is 5.75 Å². The average molecular weight is 712 g/mol. The summed E-state index contributed by atoms with van der Waals surface area (Å²) < 4.78 is 12.0. The molecular weight excluding hydrogens is 662 g/mol. The minimum absolute atomic E-state index is 0.00416. The number of rotatable bonds is 4. The number of benzene rings is 1. The Morgan fingerprint density at radius 2 is 1.73 bits per heavy atom. The van der Waals surface area contributed by atoms with Gasteiger partial charge in [0.2, 0.25) is 0 Å². The van der Waals surface area contributed by atoms with Gasteiger partial charge >= 0.3 is 6.09 Å². The fraction of sp³-hybridized carbons (Fsp3) is 0.610. The monoisotopic (exact) mass is 711 g/mol. The maximum atomic E-state index is 13.7. The minimum atomic E-state index is -0.461. The number of nitrogens with zero attached hydrogens (tertiary/aromatic N) is 5. The molecule has 2 aromatic rings. The standard InChI is InChI=1S/C41H50ClN5O4/c1-38(2,3)51-37(49)46-24-41(25-46)18-19-45(23-41)29-14-9-26(10-15-29)8-12-28-13-17-31-33(44-28)22-47(34(31)48)35-39(4,5)36(40(35,6)7)50-30-16-11-27(21-43)32(42)20-30/h11,13,16-17,20,26,29,35-36H,9-10,14-15,18-19,22-25H2,1-7H3/t26?,29?,35-,36-. The molecule has 4 fully saturated rings. The lowest BCUT2D eigenvalue weighted by atomic mass is 9.49. The number of pyridine rings is 1. The van der Waals surface area contributed by atoms with Crippen LogP contribution in [0.2, 0.25) is 5.02 Å². The Kier molecular flexibility index (Phi) is 8.87. The van der Waals surface area contributed by atoms with E-state index in [0.717, 1.165) is 69.7 Å². The zero-order chi connectivity index (χ0) is 36.5. The van der Waals surface area contributed by atoms with E-state index in [2.05, 4.69) is 50.5 Å². The van der Waals surface area contributed by atoms with Crippen LogP contribution >= 0.6 is 11.6 Å². The van der Waals surface area contributed by atoms with Crippen molar-refractivity contribution in [2.75, 3.05) is 26.2 Å². The Balaban J connectivity index is 0.924. The number of aromatic nitrogens is 1. The van der Waals surface area contributed by atoms with Gasteiger partial charge in [-0.3, -0.25) is 9.69 Å². The van der Waals surface area contributed by atoms with Gasteiger partial charge < -0.3 is 19.3 Å². The quantitative estimate of drug-likeness (QED) is 0.307. The number of halogens is 1. The van der Waals surface area contributed by atoms with Gasteiger partial charge in [0.15, 0.2) is 0 Å². The largest absolute Gasteiger partial charge is 0.489 e. The van der Waals surface area contributed by atoms with E-state index in [0.29, 0.717) is 40.4 Å². The van der Waals surface area contributed by atoms with Crippen LogP contribution in [0.4, 0.5) is 4.79 Å². The van der Waals surface area contributed by atoms with Crippen LogP contribution in [0, 0.1) is 45.3 Å². The minimum Gasteiger partial charge on any atom is -0.489 e. The summed E-state index contributed by atoms with van der Waals surface area (Å²) in [5.41, 5.74) is 1.66. The van der Waals surface area contributed by atoms with Gasteiger partial charge in [0, 0.05) is 59.9 Å². The lowest BCUT2D eigenvalue weighted by molar-refractivity contribution is -0.199. The topological polar surface area (TPSA) is 99.0 Å². The van der Waals surface area contributed by atoms with Crippen LogP contribution < -0.4 is 4.74 Å². The van der Waals surface area contributed by atoms with Crippen molar-refractivity contribution in [3.8, 4) is 23.7 Å². The molecule has 2 amide bonds. The van der Waals surface area contributed by atoms with Crippen LogP contribution in [0.1, 0.15) is 108 Å². The Hall–Kier alpha value is -3.79. The molecule has 7 rings (SSSR count). The number of ether oxygens (including phenoxy) is 2. The molecule has 0 bridgehead atoms. The van der Waals surface area contributed by atoms with E-state index in [9.17, 15) is 14.9 Å². The molecule has 1 aromatic carbocycles. The molecule has 0 atom stereocenters. The Morgan fingerprint density at radius 1 is 1.02 bits per heavy atom. The van der Waals surface area contributed by atoms with Gasteiger partial charge in [-0.15, -0.1) is 0 Å². The van der Waals surface area contributed by atoms with Crippen molar-refractivity contribution in [3.05, 3.63) is 57.9 Å². The van der Waals surface area contributed by atoms with Crippen molar-refractivity contribution in [3.63, 3.8) is 0 Å². The molecule has 9 nitrogen and oxygen atoms in total. The molecule has 270 valence electrons. The van der Waals surface area contributed by atoms with Crippen molar-refractivity contribution in [2.24, 2.45) is 22.2 Å². The lowest BCUT2D eigenvalue weighted by Gasteiger charge is -2.65. The fourth-order valence-electron chi connectivity index (χ4n) is 10.0. The number of carbonyl (C=O) groups excluding carboxylic acids is 2. The molecular formula is C41H50ClN5O4. The molecule has 2 saturated heterocycles. The van der Waals surface area contributed by atoms with E-state index in [1.165, 1.54) is 0 Å². The molecule has 5 aliphatic rings. The molecule has 51 heavy (non-hydrogen) atoms. The second-order valence-electron chi connectivity index (χ2n) is 17.8. The van der Waals surface area contributed by atoms with E-state index in [1.807, 2.05) is 42.7 Å². The van der Waals surface area contributed by atoms with E-state index in [-0.39, 0.29) is 40.4 Å². The van der Waals surface area contributed by atoms with Crippen molar-refractivity contribution >= 4 is 23.6 Å². The predicted molar refractivity (Wildman–Crippen MR) is 195 cm³/mol. The highest BCUT2D eigenvalue weighted by atomic mass is 35.5. The third kappa shape index (κ3) is 6.57. The van der Waals surface area contributed by atoms with Crippen LogP contribution in [0.25, 0.3) is 0 Å².